The van der Waals surface area contributed by atoms with Crippen LogP contribution in [-0.2, 0) is 0 Å². The molecular formula is C20H12ClFN2O2S. The van der Waals surface area contributed by atoms with Crippen LogP contribution in [0.15, 0.2) is 59.7 Å². The highest BCUT2D eigenvalue weighted by Gasteiger charge is 2.17. The van der Waals surface area contributed by atoms with Crippen molar-refractivity contribution in [1.29, 1.82) is 0 Å². The maximum atomic E-state index is 13.4. The summed E-state index contributed by atoms with van der Waals surface area (Å²) in [4.78, 5) is 12.7. The van der Waals surface area contributed by atoms with E-state index in [1.54, 1.807) is 12.1 Å². The molecule has 0 aliphatic carbocycles. The number of halogens is 2. The van der Waals surface area contributed by atoms with E-state index in [0.717, 1.165) is 22.1 Å². The number of nitrogens with zero attached hydrogens (tertiary/aromatic N) is 1. The van der Waals surface area contributed by atoms with E-state index in [9.17, 15) is 14.3 Å². The third-order valence-electron chi connectivity index (χ3n) is 4.11. The molecule has 0 spiro atoms. The number of rotatable bonds is 3. The smallest absolute Gasteiger partial charge is 0.283 e. The number of carbonyl (C=O) groups is 1. The highest BCUT2D eigenvalue weighted by atomic mass is 35.5. The Bertz CT molecular complexity index is 1220. The number of hydrazone groups is 1. The first-order valence-corrected chi connectivity index (χ1v) is 9.15. The molecule has 0 fully saturated rings. The third-order valence-corrected chi connectivity index (χ3v) is 5.76. The fourth-order valence-corrected chi connectivity index (χ4v) is 4.24. The van der Waals surface area contributed by atoms with Crippen LogP contribution in [0.2, 0.25) is 5.02 Å². The Hall–Kier alpha value is -2.96. The van der Waals surface area contributed by atoms with Gasteiger partial charge in [0.1, 0.15) is 16.4 Å². The van der Waals surface area contributed by atoms with Gasteiger partial charge in [-0.15, -0.1) is 11.3 Å². The standard InChI is InChI=1S/C20H12ClFN2O2S/c21-18-14-7-6-12(22)9-17(14)27-19(18)20(26)24-23-10-15-13-4-2-1-3-11(13)5-8-16(15)25/h1-10,25H,(H,24,26)/b23-10+. The lowest BCUT2D eigenvalue weighted by atomic mass is 10.0. The van der Waals surface area contributed by atoms with Crippen molar-refractivity contribution in [3.8, 4) is 5.75 Å². The number of thiophene rings is 1. The second-order valence-corrected chi connectivity index (χ2v) is 7.23. The van der Waals surface area contributed by atoms with Crippen molar-refractivity contribution >= 4 is 55.9 Å². The number of aromatic hydroxyl groups is 1. The van der Waals surface area contributed by atoms with Crippen molar-refractivity contribution in [2.75, 3.05) is 0 Å². The average Bonchev–Trinajstić information content (AvgIpc) is 2.99. The maximum absolute atomic E-state index is 13.4. The molecule has 0 bridgehead atoms. The Morgan fingerprint density at radius 3 is 2.81 bits per heavy atom. The van der Waals surface area contributed by atoms with E-state index in [-0.39, 0.29) is 15.6 Å². The minimum absolute atomic E-state index is 0.0575. The van der Waals surface area contributed by atoms with Gasteiger partial charge in [0, 0.05) is 15.6 Å². The van der Waals surface area contributed by atoms with Crippen LogP contribution in [0, 0.1) is 5.82 Å². The number of phenolic OH excluding ortho intramolecular Hbond substituents is 1. The summed E-state index contributed by atoms with van der Waals surface area (Å²) in [7, 11) is 0. The van der Waals surface area contributed by atoms with Crippen molar-refractivity contribution in [2.45, 2.75) is 0 Å². The fourth-order valence-electron chi connectivity index (χ4n) is 2.81. The highest BCUT2D eigenvalue weighted by Crippen LogP contribution is 2.35. The maximum Gasteiger partial charge on any atom is 0.283 e. The Balaban J connectivity index is 1.62. The molecule has 1 aromatic heterocycles. The summed E-state index contributed by atoms with van der Waals surface area (Å²) in [5.41, 5.74) is 2.91. The Morgan fingerprint density at radius 1 is 1.15 bits per heavy atom. The first kappa shape index (κ1) is 17.5. The molecule has 0 aliphatic heterocycles. The van der Waals surface area contributed by atoms with Crippen LogP contribution in [0.1, 0.15) is 15.2 Å². The predicted octanol–water partition coefficient (Wildman–Crippen LogP) is 5.32. The largest absolute Gasteiger partial charge is 0.507 e. The molecule has 3 aromatic carbocycles. The van der Waals surface area contributed by atoms with Crippen LogP contribution < -0.4 is 5.43 Å². The van der Waals surface area contributed by atoms with Gasteiger partial charge in [-0.3, -0.25) is 4.79 Å². The SMILES string of the molecule is O=C(N/N=C/c1c(O)ccc2ccccc12)c1sc2cc(F)ccc2c1Cl. The number of fused-ring (bicyclic) bond motifs is 2. The summed E-state index contributed by atoms with van der Waals surface area (Å²) < 4.78 is 13.9. The summed E-state index contributed by atoms with van der Waals surface area (Å²) in [6.07, 6.45) is 1.39. The molecule has 7 heteroatoms. The number of nitrogens with one attached hydrogen (secondary N) is 1. The molecule has 1 amide bonds. The normalized spacial score (nSPS) is 11.5. The van der Waals surface area contributed by atoms with Crippen LogP contribution in [0.3, 0.4) is 0 Å². The zero-order valence-corrected chi connectivity index (χ0v) is 15.3. The molecule has 27 heavy (non-hydrogen) atoms. The molecule has 134 valence electrons. The molecular weight excluding hydrogens is 387 g/mol. The molecule has 0 saturated carbocycles. The number of phenols is 1. The topological polar surface area (TPSA) is 61.7 Å². The van der Waals surface area contributed by atoms with Crippen LogP contribution in [0.25, 0.3) is 20.9 Å². The van der Waals surface area contributed by atoms with E-state index in [1.165, 1.54) is 24.4 Å². The Morgan fingerprint density at radius 2 is 1.96 bits per heavy atom. The van der Waals surface area contributed by atoms with Crippen molar-refractivity contribution in [3.05, 3.63) is 75.9 Å². The second-order valence-electron chi connectivity index (χ2n) is 5.80. The number of amides is 1. The number of hydrogen-bond acceptors (Lipinski definition) is 4. The quantitative estimate of drug-likeness (QED) is 0.362. The van der Waals surface area contributed by atoms with E-state index in [0.29, 0.717) is 15.6 Å². The van der Waals surface area contributed by atoms with Crippen LogP contribution in [0.5, 0.6) is 5.75 Å². The van der Waals surface area contributed by atoms with Gasteiger partial charge >= 0.3 is 0 Å². The third kappa shape index (κ3) is 3.25. The molecule has 0 radical (unpaired) electrons. The van der Waals surface area contributed by atoms with Gasteiger partial charge < -0.3 is 5.11 Å². The monoisotopic (exact) mass is 398 g/mol. The van der Waals surface area contributed by atoms with Gasteiger partial charge in [0.05, 0.1) is 11.2 Å². The van der Waals surface area contributed by atoms with Crippen molar-refractivity contribution < 1.29 is 14.3 Å². The molecule has 0 unspecified atom stereocenters. The van der Waals surface area contributed by atoms with E-state index >= 15 is 0 Å². The van der Waals surface area contributed by atoms with Gasteiger partial charge in [-0.05, 0) is 35.0 Å². The summed E-state index contributed by atoms with van der Waals surface area (Å²) in [6, 6.07) is 15.1. The first-order valence-electron chi connectivity index (χ1n) is 7.96. The van der Waals surface area contributed by atoms with Crippen molar-refractivity contribution in [1.82, 2.24) is 5.43 Å². The lowest BCUT2D eigenvalue weighted by Crippen LogP contribution is -2.16. The lowest BCUT2D eigenvalue weighted by molar-refractivity contribution is 0.0959. The molecule has 0 aliphatic rings. The summed E-state index contributed by atoms with van der Waals surface area (Å²) in [5.74, 6) is -0.837. The number of carbonyl (C=O) groups excluding carboxylic acids is 1. The molecule has 0 atom stereocenters. The first-order chi connectivity index (χ1) is 13.0. The van der Waals surface area contributed by atoms with Gasteiger partial charge in [0.2, 0.25) is 0 Å². The summed E-state index contributed by atoms with van der Waals surface area (Å²) >= 11 is 7.33. The summed E-state index contributed by atoms with van der Waals surface area (Å²) in [5, 5.41) is 16.7. The number of benzene rings is 3. The minimum Gasteiger partial charge on any atom is -0.507 e. The Labute approximate surface area is 162 Å². The fraction of sp³-hybridized carbons (Fsp3) is 0. The summed E-state index contributed by atoms with van der Waals surface area (Å²) in [6.45, 7) is 0. The van der Waals surface area contributed by atoms with Crippen molar-refractivity contribution in [2.24, 2.45) is 5.10 Å². The van der Waals surface area contributed by atoms with E-state index in [1.807, 2.05) is 24.3 Å². The van der Waals surface area contributed by atoms with Gasteiger partial charge in [-0.2, -0.15) is 5.10 Å². The molecule has 0 saturated heterocycles. The second kappa shape index (κ2) is 6.98. The van der Waals surface area contributed by atoms with Crippen molar-refractivity contribution in [3.63, 3.8) is 0 Å². The zero-order valence-electron chi connectivity index (χ0n) is 13.7. The zero-order chi connectivity index (χ0) is 19.0. The number of hydrogen-bond donors (Lipinski definition) is 2. The van der Waals surface area contributed by atoms with Crippen LogP contribution >= 0.6 is 22.9 Å². The van der Waals surface area contributed by atoms with Crippen LogP contribution in [-0.4, -0.2) is 17.2 Å². The van der Waals surface area contributed by atoms with E-state index in [4.69, 9.17) is 11.6 Å². The minimum atomic E-state index is -0.502. The Kier molecular flexibility index (Phi) is 4.51. The van der Waals surface area contributed by atoms with Gasteiger partial charge in [0.25, 0.3) is 5.91 Å². The van der Waals surface area contributed by atoms with E-state index < -0.39 is 11.7 Å². The highest BCUT2D eigenvalue weighted by molar-refractivity contribution is 7.21. The molecule has 4 nitrogen and oxygen atoms in total. The van der Waals surface area contributed by atoms with E-state index in [2.05, 4.69) is 10.5 Å². The van der Waals surface area contributed by atoms with Crippen LogP contribution in [0.4, 0.5) is 4.39 Å². The average molecular weight is 399 g/mol. The van der Waals surface area contributed by atoms with Gasteiger partial charge in [0.15, 0.2) is 0 Å². The van der Waals surface area contributed by atoms with Gasteiger partial charge in [-0.25, -0.2) is 9.82 Å². The lowest BCUT2D eigenvalue weighted by Gasteiger charge is -2.04. The predicted molar refractivity (Wildman–Crippen MR) is 107 cm³/mol. The van der Waals surface area contributed by atoms with Gasteiger partial charge in [-0.1, -0.05) is 41.9 Å². The molecule has 1 heterocycles. The molecule has 4 rings (SSSR count). The molecule has 4 aromatic rings. The molecule has 2 N–H and O–H groups in total.